The standard InChI is InChI=1S/C23H16ClF5N6O/c24-15-4-5-19(30-11-15)22(10-20-31-12-32-35-20,13-6-14(23(27,28)29)8-17(26)7-13)34-21(36)33-18-3-1-2-16(25)9-18/h1-9,11-12H,10H2,(H,31,32,35)(H2,33,34,36)/t22-/m0/s1. The molecule has 2 heterocycles. The predicted octanol–water partition coefficient (Wildman–Crippen LogP) is 5.46. The highest BCUT2D eigenvalue weighted by atomic mass is 35.5. The lowest BCUT2D eigenvalue weighted by atomic mass is 9.81. The maximum atomic E-state index is 14.5. The third kappa shape index (κ3) is 5.60. The lowest BCUT2D eigenvalue weighted by molar-refractivity contribution is -0.137. The van der Waals surface area contributed by atoms with E-state index in [2.05, 4.69) is 30.8 Å². The van der Waals surface area contributed by atoms with E-state index in [1.54, 1.807) is 0 Å². The molecule has 186 valence electrons. The molecule has 2 amide bonds. The number of rotatable bonds is 6. The zero-order valence-corrected chi connectivity index (χ0v) is 18.8. The Morgan fingerprint density at radius 2 is 1.75 bits per heavy atom. The minimum absolute atomic E-state index is 0.0245. The Hall–Kier alpha value is -4.06. The number of carbonyl (C=O) groups excluding carboxylic acids is 1. The summed E-state index contributed by atoms with van der Waals surface area (Å²) in [6.45, 7) is 0. The van der Waals surface area contributed by atoms with Gasteiger partial charge in [0, 0.05) is 18.3 Å². The van der Waals surface area contributed by atoms with Crippen molar-refractivity contribution in [3.8, 4) is 0 Å². The van der Waals surface area contributed by atoms with E-state index in [-0.39, 0.29) is 34.2 Å². The van der Waals surface area contributed by atoms with Crippen molar-refractivity contribution in [2.75, 3.05) is 5.32 Å². The van der Waals surface area contributed by atoms with E-state index < -0.39 is 34.9 Å². The van der Waals surface area contributed by atoms with E-state index in [4.69, 9.17) is 11.6 Å². The van der Waals surface area contributed by atoms with Crippen LogP contribution in [0.15, 0.2) is 67.1 Å². The number of hydrogen-bond acceptors (Lipinski definition) is 4. The number of halogens is 6. The molecule has 0 aliphatic carbocycles. The van der Waals surface area contributed by atoms with Gasteiger partial charge in [-0.2, -0.15) is 18.3 Å². The molecule has 36 heavy (non-hydrogen) atoms. The van der Waals surface area contributed by atoms with Crippen molar-refractivity contribution in [2.45, 2.75) is 18.1 Å². The van der Waals surface area contributed by atoms with Gasteiger partial charge >= 0.3 is 12.2 Å². The molecule has 0 aliphatic rings. The maximum absolute atomic E-state index is 14.5. The highest BCUT2D eigenvalue weighted by Crippen LogP contribution is 2.37. The van der Waals surface area contributed by atoms with Gasteiger partial charge in [-0.05, 0) is 54.1 Å². The number of urea groups is 1. The molecule has 13 heteroatoms. The zero-order valence-electron chi connectivity index (χ0n) is 18.1. The van der Waals surface area contributed by atoms with Crippen LogP contribution < -0.4 is 10.6 Å². The van der Waals surface area contributed by atoms with Crippen LogP contribution in [-0.4, -0.2) is 26.2 Å². The first-order valence-electron chi connectivity index (χ1n) is 10.2. The Morgan fingerprint density at radius 3 is 2.39 bits per heavy atom. The number of H-pyrrole nitrogens is 1. The summed E-state index contributed by atoms with van der Waals surface area (Å²) in [6, 6.07) is 8.72. The number of carbonyl (C=O) groups is 1. The molecule has 2 aromatic carbocycles. The number of benzene rings is 2. The van der Waals surface area contributed by atoms with Gasteiger partial charge in [0.1, 0.15) is 29.3 Å². The highest BCUT2D eigenvalue weighted by Gasteiger charge is 2.41. The fourth-order valence-corrected chi connectivity index (χ4v) is 3.75. The molecular formula is C23H16ClF5N6O. The van der Waals surface area contributed by atoms with Crippen LogP contribution in [-0.2, 0) is 18.1 Å². The van der Waals surface area contributed by atoms with E-state index in [0.717, 1.165) is 18.5 Å². The van der Waals surface area contributed by atoms with Crippen molar-refractivity contribution in [1.82, 2.24) is 25.5 Å². The number of hydrogen-bond donors (Lipinski definition) is 3. The minimum Gasteiger partial charge on any atom is -0.322 e. The van der Waals surface area contributed by atoms with Crippen molar-refractivity contribution in [1.29, 1.82) is 0 Å². The number of alkyl halides is 3. The van der Waals surface area contributed by atoms with Gasteiger partial charge in [-0.3, -0.25) is 10.1 Å². The summed E-state index contributed by atoms with van der Waals surface area (Å²) >= 11 is 5.95. The molecule has 7 nitrogen and oxygen atoms in total. The van der Waals surface area contributed by atoms with Crippen molar-refractivity contribution < 1.29 is 26.7 Å². The van der Waals surface area contributed by atoms with Crippen LogP contribution in [0.25, 0.3) is 0 Å². The topological polar surface area (TPSA) is 95.6 Å². The molecule has 0 spiro atoms. The SMILES string of the molecule is O=C(Nc1cccc(F)c1)N[C@@](Cc1ncn[nH]1)(c1cc(F)cc(C(F)(F)F)c1)c1ccc(Cl)cn1. The lowest BCUT2D eigenvalue weighted by Gasteiger charge is -2.35. The van der Waals surface area contributed by atoms with Crippen LogP contribution >= 0.6 is 11.6 Å². The Bertz CT molecular complexity index is 1360. The number of aromatic nitrogens is 4. The molecule has 3 N–H and O–H groups in total. The summed E-state index contributed by atoms with van der Waals surface area (Å²) in [4.78, 5) is 21.3. The molecule has 0 radical (unpaired) electrons. The fourth-order valence-electron chi connectivity index (χ4n) is 3.64. The second-order valence-electron chi connectivity index (χ2n) is 7.69. The van der Waals surface area contributed by atoms with Crippen molar-refractivity contribution in [2.24, 2.45) is 0 Å². The zero-order chi connectivity index (χ0) is 25.9. The molecule has 2 aromatic heterocycles. The van der Waals surface area contributed by atoms with E-state index in [1.807, 2.05) is 0 Å². The monoisotopic (exact) mass is 522 g/mol. The average Bonchev–Trinajstić information content (AvgIpc) is 3.31. The number of anilines is 1. The van der Waals surface area contributed by atoms with Crippen molar-refractivity contribution in [3.63, 3.8) is 0 Å². The van der Waals surface area contributed by atoms with Gasteiger partial charge in [0.15, 0.2) is 0 Å². The minimum atomic E-state index is -4.88. The summed E-state index contributed by atoms with van der Waals surface area (Å²) in [5, 5.41) is 11.5. The molecule has 0 aliphatic heterocycles. The number of nitrogens with one attached hydrogen (secondary N) is 3. The van der Waals surface area contributed by atoms with E-state index in [0.29, 0.717) is 12.1 Å². The largest absolute Gasteiger partial charge is 0.416 e. The average molecular weight is 523 g/mol. The number of amides is 2. The second kappa shape index (κ2) is 9.90. The van der Waals surface area contributed by atoms with Gasteiger partial charge < -0.3 is 10.6 Å². The third-order valence-electron chi connectivity index (χ3n) is 5.19. The Balaban J connectivity index is 1.89. The van der Waals surface area contributed by atoms with Crippen LogP contribution in [0.3, 0.4) is 0 Å². The van der Waals surface area contributed by atoms with Gasteiger partial charge in [-0.25, -0.2) is 18.6 Å². The molecule has 4 rings (SSSR count). The van der Waals surface area contributed by atoms with Crippen molar-refractivity contribution in [3.05, 3.63) is 106 Å². The summed E-state index contributed by atoms with van der Waals surface area (Å²) in [5.41, 5.74) is -3.36. The second-order valence-corrected chi connectivity index (χ2v) is 8.13. The summed E-state index contributed by atoms with van der Waals surface area (Å²) in [6.07, 6.45) is -2.80. The first kappa shape index (κ1) is 25.0. The lowest BCUT2D eigenvalue weighted by Crippen LogP contribution is -2.51. The Kier molecular flexibility index (Phi) is 6.88. The van der Waals surface area contributed by atoms with Gasteiger partial charge in [-0.15, -0.1) is 0 Å². The molecule has 4 aromatic rings. The summed E-state index contributed by atoms with van der Waals surface area (Å²) in [5.74, 6) is -1.67. The van der Waals surface area contributed by atoms with E-state index in [1.165, 1.54) is 36.5 Å². The smallest absolute Gasteiger partial charge is 0.322 e. The normalized spacial score (nSPS) is 13.2. The van der Waals surface area contributed by atoms with Crippen LogP contribution in [0.4, 0.5) is 32.4 Å². The maximum Gasteiger partial charge on any atom is 0.416 e. The quantitative estimate of drug-likeness (QED) is 0.293. The summed E-state index contributed by atoms with van der Waals surface area (Å²) < 4.78 is 68.9. The molecule has 0 saturated heterocycles. The van der Waals surface area contributed by atoms with Gasteiger partial charge in [-0.1, -0.05) is 17.7 Å². The Labute approximate surface area is 205 Å². The fraction of sp³-hybridized carbons (Fsp3) is 0.130. The third-order valence-corrected chi connectivity index (χ3v) is 5.41. The highest BCUT2D eigenvalue weighted by molar-refractivity contribution is 6.30. The van der Waals surface area contributed by atoms with Crippen LogP contribution in [0.5, 0.6) is 0 Å². The first-order chi connectivity index (χ1) is 17.0. The van der Waals surface area contributed by atoms with Crippen LogP contribution in [0.1, 0.15) is 22.6 Å². The van der Waals surface area contributed by atoms with Gasteiger partial charge in [0.25, 0.3) is 0 Å². The number of nitrogens with zero attached hydrogens (tertiary/aromatic N) is 3. The van der Waals surface area contributed by atoms with E-state index in [9.17, 15) is 26.7 Å². The molecule has 0 fully saturated rings. The molecule has 0 bridgehead atoms. The number of pyridine rings is 1. The van der Waals surface area contributed by atoms with Crippen LogP contribution in [0.2, 0.25) is 5.02 Å². The molecular weight excluding hydrogens is 507 g/mol. The Morgan fingerprint density at radius 1 is 0.972 bits per heavy atom. The van der Waals surface area contributed by atoms with Crippen molar-refractivity contribution >= 4 is 23.3 Å². The summed E-state index contributed by atoms with van der Waals surface area (Å²) in [7, 11) is 0. The number of aromatic amines is 1. The first-order valence-corrected chi connectivity index (χ1v) is 10.6. The van der Waals surface area contributed by atoms with Gasteiger partial charge in [0.2, 0.25) is 0 Å². The van der Waals surface area contributed by atoms with E-state index >= 15 is 0 Å². The van der Waals surface area contributed by atoms with Gasteiger partial charge in [0.05, 0.1) is 16.3 Å². The molecule has 1 atom stereocenters. The predicted molar refractivity (Wildman–Crippen MR) is 120 cm³/mol. The molecule has 0 saturated carbocycles. The van der Waals surface area contributed by atoms with Crippen LogP contribution in [0, 0.1) is 11.6 Å². The molecule has 0 unspecified atom stereocenters.